The molecule has 0 saturated carbocycles. The van der Waals surface area contributed by atoms with Gasteiger partial charge in [0.05, 0.1) is 5.52 Å². The zero-order valence-corrected chi connectivity index (χ0v) is 13.6. The molecule has 3 aromatic rings. The normalized spacial score (nSPS) is 11.7. The van der Waals surface area contributed by atoms with Gasteiger partial charge in [-0.2, -0.15) is 0 Å². The summed E-state index contributed by atoms with van der Waals surface area (Å²) in [6.07, 6.45) is 1.90. The summed E-state index contributed by atoms with van der Waals surface area (Å²) in [5.41, 5.74) is 5.40. The predicted octanol–water partition coefficient (Wildman–Crippen LogP) is 5.53. The summed E-state index contributed by atoms with van der Waals surface area (Å²) in [5.74, 6) is 0.716. The van der Waals surface area contributed by atoms with E-state index in [1.165, 1.54) is 5.39 Å². The van der Waals surface area contributed by atoms with Gasteiger partial charge >= 0.3 is 0 Å². The maximum atomic E-state index is 4.73. The largest absolute Gasteiger partial charge is 0.298 e. The molecule has 1 aromatic heterocycles. The minimum Gasteiger partial charge on any atom is -0.298 e. The first-order valence-electron chi connectivity index (χ1n) is 7.66. The summed E-state index contributed by atoms with van der Waals surface area (Å²) in [5, 5.41) is 1.17. The fourth-order valence-electron chi connectivity index (χ4n) is 2.97. The van der Waals surface area contributed by atoms with Crippen LogP contribution >= 0.6 is 0 Å². The quantitative estimate of drug-likeness (QED) is 0.564. The molecule has 0 saturated heterocycles. The van der Waals surface area contributed by atoms with Gasteiger partial charge in [0.25, 0.3) is 0 Å². The van der Waals surface area contributed by atoms with Gasteiger partial charge < -0.3 is 0 Å². The highest BCUT2D eigenvalue weighted by atomic mass is 15.1. The third-order valence-electron chi connectivity index (χ3n) is 4.11. The van der Waals surface area contributed by atoms with Crippen molar-refractivity contribution in [3.05, 3.63) is 84.6 Å². The van der Waals surface area contributed by atoms with E-state index < -0.39 is 0 Å². The highest BCUT2D eigenvalue weighted by molar-refractivity contribution is 6.01. The summed E-state index contributed by atoms with van der Waals surface area (Å²) in [4.78, 5) is 4.73. The molecular formula is C21H20N2. The Morgan fingerprint density at radius 3 is 2.39 bits per heavy atom. The Morgan fingerprint density at radius 1 is 1.04 bits per heavy atom. The van der Waals surface area contributed by atoms with Crippen LogP contribution in [0.15, 0.2) is 72.7 Å². The topological polar surface area (TPSA) is 17.3 Å². The second-order valence-corrected chi connectivity index (χ2v) is 5.54. The van der Waals surface area contributed by atoms with Crippen molar-refractivity contribution >= 4 is 28.5 Å². The molecular weight excluding hydrogens is 280 g/mol. The lowest BCUT2D eigenvalue weighted by molar-refractivity contribution is 1.06. The first-order valence-corrected chi connectivity index (χ1v) is 7.66. The Bertz CT molecular complexity index is 912. The number of rotatable bonds is 4. The van der Waals surface area contributed by atoms with Gasteiger partial charge in [-0.25, -0.2) is 4.99 Å². The van der Waals surface area contributed by atoms with Crippen molar-refractivity contribution < 1.29 is 0 Å². The Hall–Kier alpha value is -2.87. The van der Waals surface area contributed by atoms with Crippen molar-refractivity contribution in [2.24, 2.45) is 4.99 Å². The molecule has 0 radical (unpaired) electrons. The van der Waals surface area contributed by atoms with Crippen molar-refractivity contribution in [3.63, 3.8) is 0 Å². The van der Waals surface area contributed by atoms with Crippen LogP contribution in [0.25, 0.3) is 22.8 Å². The van der Waals surface area contributed by atoms with Crippen LogP contribution in [0, 0.1) is 6.92 Å². The van der Waals surface area contributed by atoms with E-state index >= 15 is 0 Å². The number of fused-ring (bicyclic) bond motifs is 1. The highest BCUT2D eigenvalue weighted by Crippen LogP contribution is 2.29. The smallest absolute Gasteiger partial charge is 0.130 e. The lowest BCUT2D eigenvalue weighted by Gasteiger charge is -2.09. The maximum Gasteiger partial charge on any atom is 0.130 e. The van der Waals surface area contributed by atoms with E-state index in [4.69, 9.17) is 4.99 Å². The number of hydrogen-bond acceptors (Lipinski definition) is 1. The lowest BCUT2D eigenvalue weighted by atomic mass is 10.1. The van der Waals surface area contributed by atoms with Gasteiger partial charge in [0, 0.05) is 22.4 Å². The minimum atomic E-state index is 0.716. The van der Waals surface area contributed by atoms with Crippen LogP contribution in [-0.2, 0) is 0 Å². The third-order valence-corrected chi connectivity index (χ3v) is 4.11. The number of aliphatic imine (C=N–C) groups is 1. The molecule has 0 aliphatic rings. The molecule has 114 valence electrons. The van der Waals surface area contributed by atoms with E-state index in [2.05, 4.69) is 48.9 Å². The van der Waals surface area contributed by atoms with Gasteiger partial charge in [-0.3, -0.25) is 4.57 Å². The molecule has 0 fully saturated rings. The molecule has 0 aliphatic heterocycles. The molecule has 0 spiro atoms. The highest BCUT2D eigenvalue weighted by Gasteiger charge is 2.13. The average Bonchev–Trinajstić information content (AvgIpc) is 2.86. The van der Waals surface area contributed by atoms with Crippen LogP contribution in [0.1, 0.15) is 23.7 Å². The number of para-hydroxylation sites is 1. The van der Waals surface area contributed by atoms with Gasteiger partial charge in [-0.1, -0.05) is 67.8 Å². The zero-order chi connectivity index (χ0) is 16.4. The predicted molar refractivity (Wildman–Crippen MR) is 101 cm³/mol. The standard InChI is InChI=1S/C21H20N2/c1-5-19-16(3)23(21-14-10-9-13-20(19)21)17(4)22-15(2)18-11-7-6-8-12-18/h5-14H,1,4H2,2-3H3. The third kappa shape index (κ3) is 2.64. The van der Waals surface area contributed by atoms with Crippen LogP contribution in [-0.4, -0.2) is 10.3 Å². The van der Waals surface area contributed by atoms with E-state index in [0.717, 1.165) is 28.0 Å². The van der Waals surface area contributed by atoms with E-state index in [9.17, 15) is 0 Å². The molecule has 0 bridgehead atoms. The number of benzene rings is 2. The summed E-state index contributed by atoms with van der Waals surface area (Å²) in [7, 11) is 0. The van der Waals surface area contributed by atoms with Crippen LogP contribution in [0.3, 0.4) is 0 Å². The van der Waals surface area contributed by atoms with Crippen molar-refractivity contribution in [3.8, 4) is 0 Å². The molecule has 3 rings (SSSR count). The fourth-order valence-corrected chi connectivity index (χ4v) is 2.97. The molecule has 0 atom stereocenters. The van der Waals surface area contributed by atoms with Gasteiger partial charge in [0.2, 0.25) is 0 Å². The molecule has 0 unspecified atom stereocenters. The first kappa shape index (κ1) is 15.0. The minimum absolute atomic E-state index is 0.716. The monoisotopic (exact) mass is 300 g/mol. The van der Waals surface area contributed by atoms with Gasteiger partial charge in [0.1, 0.15) is 5.82 Å². The molecule has 23 heavy (non-hydrogen) atoms. The summed E-state index contributed by atoms with van der Waals surface area (Å²) < 4.78 is 2.10. The van der Waals surface area contributed by atoms with Crippen molar-refractivity contribution in [2.75, 3.05) is 0 Å². The second kappa shape index (κ2) is 6.09. The van der Waals surface area contributed by atoms with Crippen molar-refractivity contribution in [2.45, 2.75) is 13.8 Å². The Kier molecular flexibility index (Phi) is 3.98. The molecule has 0 amide bonds. The van der Waals surface area contributed by atoms with Gasteiger partial charge in [-0.05, 0) is 25.5 Å². The molecule has 0 N–H and O–H groups in total. The van der Waals surface area contributed by atoms with Crippen LogP contribution in [0.2, 0.25) is 0 Å². The average molecular weight is 300 g/mol. The Labute approximate surface area is 137 Å². The molecule has 2 nitrogen and oxygen atoms in total. The van der Waals surface area contributed by atoms with Crippen LogP contribution in [0.5, 0.6) is 0 Å². The maximum absolute atomic E-state index is 4.73. The summed E-state index contributed by atoms with van der Waals surface area (Å²) in [6.45, 7) is 12.2. The van der Waals surface area contributed by atoms with Gasteiger partial charge in [0.15, 0.2) is 0 Å². The van der Waals surface area contributed by atoms with Gasteiger partial charge in [-0.15, -0.1) is 0 Å². The molecule has 1 heterocycles. The Morgan fingerprint density at radius 2 is 1.70 bits per heavy atom. The molecule has 2 heteroatoms. The van der Waals surface area contributed by atoms with Crippen LogP contribution in [0.4, 0.5) is 0 Å². The fraction of sp³-hybridized carbons (Fsp3) is 0.0952. The first-order chi connectivity index (χ1) is 11.1. The lowest BCUT2D eigenvalue weighted by Crippen LogP contribution is -2.01. The van der Waals surface area contributed by atoms with E-state index in [1.807, 2.05) is 43.3 Å². The van der Waals surface area contributed by atoms with Crippen LogP contribution < -0.4 is 0 Å². The van der Waals surface area contributed by atoms with E-state index in [1.54, 1.807) is 0 Å². The molecule has 0 aliphatic carbocycles. The SMILES string of the molecule is C=Cc1c(C)n(C(=C)N=C(C)c2ccccc2)c2ccccc12. The van der Waals surface area contributed by atoms with Crippen molar-refractivity contribution in [1.82, 2.24) is 4.57 Å². The molecule has 2 aromatic carbocycles. The Balaban J connectivity index is 2.12. The zero-order valence-electron chi connectivity index (χ0n) is 13.6. The van der Waals surface area contributed by atoms with Crippen molar-refractivity contribution in [1.29, 1.82) is 0 Å². The summed E-state index contributed by atoms with van der Waals surface area (Å²) in [6, 6.07) is 18.4. The second-order valence-electron chi connectivity index (χ2n) is 5.54. The number of hydrogen-bond donors (Lipinski definition) is 0. The van der Waals surface area contributed by atoms with E-state index in [-0.39, 0.29) is 0 Å². The summed E-state index contributed by atoms with van der Waals surface area (Å²) >= 11 is 0. The number of nitrogens with zero attached hydrogens (tertiary/aromatic N) is 2. The number of aromatic nitrogens is 1. The van der Waals surface area contributed by atoms with E-state index in [0.29, 0.717) is 5.82 Å².